The quantitative estimate of drug-likeness (QED) is 0.804. The fourth-order valence-corrected chi connectivity index (χ4v) is 2.34. The summed E-state index contributed by atoms with van der Waals surface area (Å²) in [6.45, 7) is 3.35. The lowest BCUT2D eigenvalue weighted by Gasteiger charge is -2.09. The van der Waals surface area contributed by atoms with Crippen LogP contribution in [0.3, 0.4) is 0 Å². The summed E-state index contributed by atoms with van der Waals surface area (Å²) in [5, 5.41) is 0. The van der Waals surface area contributed by atoms with Crippen molar-refractivity contribution >= 4 is 16.0 Å². The van der Waals surface area contributed by atoms with E-state index >= 15 is 0 Å². The summed E-state index contributed by atoms with van der Waals surface area (Å²) < 4.78 is 43.3. The van der Waals surface area contributed by atoms with Gasteiger partial charge in [0.1, 0.15) is 5.82 Å². The Labute approximate surface area is 111 Å². The minimum atomic E-state index is -3.73. The number of sulfonamides is 1. The first-order valence-electron chi connectivity index (χ1n) is 5.76. The van der Waals surface area contributed by atoms with Crippen molar-refractivity contribution in [1.82, 2.24) is 4.72 Å². The van der Waals surface area contributed by atoms with E-state index in [1.807, 2.05) is 0 Å². The van der Waals surface area contributed by atoms with Crippen LogP contribution in [0.15, 0.2) is 29.2 Å². The molecule has 0 saturated heterocycles. The topological polar surface area (TPSA) is 72.5 Å². The van der Waals surface area contributed by atoms with E-state index in [1.54, 1.807) is 13.8 Å². The van der Waals surface area contributed by atoms with Gasteiger partial charge in [0.2, 0.25) is 10.0 Å². The minimum absolute atomic E-state index is 0.0499. The van der Waals surface area contributed by atoms with Gasteiger partial charge in [-0.25, -0.2) is 17.5 Å². The number of carbonyl (C=O) groups excluding carboxylic acids is 1. The lowest BCUT2D eigenvalue weighted by atomic mass is 10.4. The normalized spacial score (nSPS) is 11.6. The molecular formula is C12H16FNO4S. The molecule has 106 valence electrons. The van der Waals surface area contributed by atoms with Crippen LogP contribution in [0.1, 0.15) is 20.3 Å². The third-order valence-electron chi connectivity index (χ3n) is 2.11. The molecule has 1 aromatic carbocycles. The Hall–Kier alpha value is -1.47. The predicted molar refractivity (Wildman–Crippen MR) is 67.4 cm³/mol. The van der Waals surface area contributed by atoms with Crippen LogP contribution >= 0.6 is 0 Å². The first kappa shape index (κ1) is 15.6. The van der Waals surface area contributed by atoms with Crippen molar-refractivity contribution in [2.75, 3.05) is 6.54 Å². The molecule has 0 bridgehead atoms. The summed E-state index contributed by atoms with van der Waals surface area (Å²) in [7, 11) is -3.73. The Morgan fingerprint density at radius 2 is 1.89 bits per heavy atom. The van der Waals surface area contributed by atoms with Crippen LogP contribution in [-0.2, 0) is 19.6 Å². The van der Waals surface area contributed by atoms with Gasteiger partial charge in [0.25, 0.3) is 0 Å². The average molecular weight is 289 g/mol. The van der Waals surface area contributed by atoms with Crippen LogP contribution in [0.4, 0.5) is 4.39 Å². The van der Waals surface area contributed by atoms with Gasteiger partial charge < -0.3 is 4.74 Å². The summed E-state index contributed by atoms with van der Waals surface area (Å²) in [4.78, 5) is 11.2. The number of rotatable bonds is 6. The Kier molecular flexibility index (Phi) is 5.44. The monoisotopic (exact) mass is 289 g/mol. The molecular weight excluding hydrogens is 273 g/mol. The maximum atomic E-state index is 12.7. The maximum absolute atomic E-state index is 12.7. The third kappa shape index (κ3) is 5.35. The van der Waals surface area contributed by atoms with Crippen LogP contribution < -0.4 is 4.72 Å². The van der Waals surface area contributed by atoms with Crippen molar-refractivity contribution in [2.45, 2.75) is 31.3 Å². The fourth-order valence-electron chi connectivity index (χ4n) is 1.31. The van der Waals surface area contributed by atoms with E-state index in [1.165, 1.54) is 0 Å². The van der Waals surface area contributed by atoms with E-state index in [4.69, 9.17) is 4.74 Å². The van der Waals surface area contributed by atoms with Crippen molar-refractivity contribution in [1.29, 1.82) is 0 Å². The second-order valence-electron chi connectivity index (χ2n) is 4.14. The Bertz CT molecular complexity index is 525. The first-order chi connectivity index (χ1) is 8.81. The van der Waals surface area contributed by atoms with Crippen molar-refractivity contribution < 1.29 is 22.3 Å². The number of halogens is 1. The van der Waals surface area contributed by atoms with Crippen LogP contribution in [0.5, 0.6) is 0 Å². The zero-order valence-corrected chi connectivity index (χ0v) is 11.5. The zero-order chi connectivity index (χ0) is 14.5. The molecule has 0 atom stereocenters. The molecule has 0 aromatic heterocycles. The molecule has 1 rings (SSSR count). The molecule has 0 amide bonds. The van der Waals surface area contributed by atoms with Crippen LogP contribution in [-0.4, -0.2) is 27.0 Å². The van der Waals surface area contributed by atoms with E-state index in [2.05, 4.69) is 4.72 Å². The molecule has 0 heterocycles. The molecule has 0 aliphatic carbocycles. The fraction of sp³-hybridized carbons (Fsp3) is 0.417. The van der Waals surface area contributed by atoms with Crippen molar-refractivity contribution in [2.24, 2.45) is 0 Å². The van der Waals surface area contributed by atoms with Gasteiger partial charge in [-0.1, -0.05) is 0 Å². The molecule has 0 saturated carbocycles. The van der Waals surface area contributed by atoms with Gasteiger partial charge in [0, 0.05) is 6.54 Å². The molecule has 0 aliphatic rings. The van der Waals surface area contributed by atoms with Crippen LogP contribution in [0.25, 0.3) is 0 Å². The highest BCUT2D eigenvalue weighted by atomic mass is 32.2. The van der Waals surface area contributed by atoms with Crippen molar-refractivity contribution in [3.05, 3.63) is 30.1 Å². The van der Waals surface area contributed by atoms with Gasteiger partial charge in [-0.2, -0.15) is 0 Å². The second kappa shape index (κ2) is 6.63. The highest BCUT2D eigenvalue weighted by Crippen LogP contribution is 2.09. The summed E-state index contributed by atoms with van der Waals surface area (Å²) in [6, 6.07) is 4.43. The number of hydrogen-bond donors (Lipinski definition) is 1. The van der Waals surface area contributed by atoms with Gasteiger partial charge in [0.05, 0.1) is 17.4 Å². The van der Waals surface area contributed by atoms with E-state index in [0.717, 1.165) is 24.3 Å². The maximum Gasteiger partial charge on any atom is 0.307 e. The average Bonchev–Trinajstić information content (AvgIpc) is 2.28. The number of benzene rings is 1. The van der Waals surface area contributed by atoms with E-state index in [0.29, 0.717) is 0 Å². The zero-order valence-electron chi connectivity index (χ0n) is 10.7. The van der Waals surface area contributed by atoms with Gasteiger partial charge in [0.15, 0.2) is 0 Å². The standard InChI is InChI=1S/C12H16FNO4S/c1-9(2)18-12(15)7-8-14-19(16,17)11-5-3-10(13)4-6-11/h3-6,9,14H,7-8H2,1-2H3. The van der Waals surface area contributed by atoms with Gasteiger partial charge in [-0.3, -0.25) is 4.79 Å². The van der Waals surface area contributed by atoms with E-state index < -0.39 is 21.8 Å². The molecule has 0 unspecified atom stereocenters. The molecule has 0 aliphatic heterocycles. The molecule has 5 nitrogen and oxygen atoms in total. The van der Waals surface area contributed by atoms with E-state index in [9.17, 15) is 17.6 Å². The predicted octanol–water partition coefficient (Wildman–Crippen LogP) is 1.45. The molecule has 1 aromatic rings. The summed E-state index contributed by atoms with van der Waals surface area (Å²) in [6.07, 6.45) is -0.292. The largest absolute Gasteiger partial charge is 0.463 e. The number of carbonyl (C=O) groups is 1. The number of esters is 1. The Morgan fingerprint density at radius 3 is 2.42 bits per heavy atom. The number of ether oxygens (including phenoxy) is 1. The minimum Gasteiger partial charge on any atom is -0.463 e. The summed E-state index contributed by atoms with van der Waals surface area (Å²) >= 11 is 0. The third-order valence-corrected chi connectivity index (χ3v) is 3.59. The molecule has 1 N–H and O–H groups in total. The Balaban J connectivity index is 2.52. The molecule has 0 radical (unpaired) electrons. The van der Waals surface area contributed by atoms with E-state index in [-0.39, 0.29) is 24.0 Å². The lowest BCUT2D eigenvalue weighted by molar-refractivity contribution is -0.147. The van der Waals surface area contributed by atoms with Crippen molar-refractivity contribution in [3.63, 3.8) is 0 Å². The first-order valence-corrected chi connectivity index (χ1v) is 7.24. The lowest BCUT2D eigenvalue weighted by Crippen LogP contribution is -2.27. The molecule has 0 fully saturated rings. The molecule has 0 spiro atoms. The Morgan fingerprint density at radius 1 is 1.32 bits per heavy atom. The number of nitrogens with one attached hydrogen (secondary N) is 1. The molecule has 7 heteroatoms. The smallest absolute Gasteiger partial charge is 0.307 e. The van der Waals surface area contributed by atoms with Crippen LogP contribution in [0, 0.1) is 5.82 Å². The highest BCUT2D eigenvalue weighted by molar-refractivity contribution is 7.89. The van der Waals surface area contributed by atoms with Gasteiger partial charge in [-0.05, 0) is 38.1 Å². The highest BCUT2D eigenvalue weighted by Gasteiger charge is 2.14. The van der Waals surface area contributed by atoms with Crippen molar-refractivity contribution in [3.8, 4) is 0 Å². The second-order valence-corrected chi connectivity index (χ2v) is 5.91. The van der Waals surface area contributed by atoms with Gasteiger partial charge in [-0.15, -0.1) is 0 Å². The summed E-state index contributed by atoms with van der Waals surface area (Å²) in [5.41, 5.74) is 0. The van der Waals surface area contributed by atoms with Gasteiger partial charge >= 0.3 is 5.97 Å². The van der Waals surface area contributed by atoms with Crippen LogP contribution in [0.2, 0.25) is 0 Å². The SMILES string of the molecule is CC(C)OC(=O)CCNS(=O)(=O)c1ccc(F)cc1. The summed E-state index contributed by atoms with van der Waals surface area (Å²) in [5.74, 6) is -0.990. The number of hydrogen-bond acceptors (Lipinski definition) is 4. The molecule has 19 heavy (non-hydrogen) atoms.